The lowest BCUT2D eigenvalue weighted by molar-refractivity contribution is -0.507. The molecular formula is C36H42N3O5+. The first-order valence-electron chi connectivity index (χ1n) is 15.0. The molecule has 2 atom stereocenters. The highest BCUT2D eigenvalue weighted by Crippen LogP contribution is 2.38. The molecule has 0 aliphatic carbocycles. The molecule has 0 aromatic heterocycles. The molecule has 2 unspecified atom stereocenters. The maximum absolute atomic E-state index is 14.1. The van der Waals surface area contributed by atoms with Gasteiger partial charge in [-0.25, -0.2) is 4.79 Å². The summed E-state index contributed by atoms with van der Waals surface area (Å²) in [5.41, 5.74) is 2.67. The molecule has 44 heavy (non-hydrogen) atoms. The monoisotopic (exact) mass is 596 g/mol. The molecule has 230 valence electrons. The zero-order valence-electron chi connectivity index (χ0n) is 26.4. The second kappa shape index (κ2) is 13.5. The summed E-state index contributed by atoms with van der Waals surface area (Å²) in [5.74, 6) is -1.93. The molecule has 0 saturated carbocycles. The Morgan fingerprint density at radius 3 is 2.18 bits per heavy atom. The highest BCUT2D eigenvalue weighted by molar-refractivity contribution is 5.94. The van der Waals surface area contributed by atoms with E-state index >= 15 is 0 Å². The Kier molecular flexibility index (Phi) is 9.92. The minimum atomic E-state index is -0.778. The van der Waals surface area contributed by atoms with Gasteiger partial charge in [0.15, 0.2) is 6.04 Å². The Bertz CT molecular complexity index is 1560. The van der Waals surface area contributed by atoms with Gasteiger partial charge >= 0.3 is 11.9 Å². The minimum Gasteiger partial charge on any atom is -0.460 e. The molecule has 8 heteroatoms. The van der Waals surface area contributed by atoms with E-state index in [0.717, 1.165) is 22.3 Å². The van der Waals surface area contributed by atoms with E-state index in [0.29, 0.717) is 12.1 Å². The average molecular weight is 597 g/mol. The van der Waals surface area contributed by atoms with Crippen LogP contribution < -0.4 is 5.32 Å². The summed E-state index contributed by atoms with van der Waals surface area (Å²) in [5, 5.41) is 7.70. The molecule has 0 radical (unpaired) electrons. The first-order valence-corrected chi connectivity index (χ1v) is 15.0. The lowest BCUT2D eigenvalue weighted by Gasteiger charge is -2.20. The standard InChI is InChI=1S/C36H41N3O5/c1-35(2,3)30(40)22-29-27-17-10-11-18-28(27)33(25-14-8-7-9-15-25)38-39(34(29)43)23-31(41)37-26-16-12-13-24(21-26)19-20-32(42)44-36(4,5)6/h7-18,21,29,33H,19-20,22-23H2,1-6H3/p+1. The molecule has 0 spiro atoms. The van der Waals surface area contributed by atoms with Gasteiger partial charge in [-0.05, 0) is 71.4 Å². The van der Waals surface area contributed by atoms with Gasteiger partial charge in [-0.1, -0.05) is 87.5 Å². The number of carbonyl (C=O) groups is 4. The molecule has 0 bridgehead atoms. The van der Waals surface area contributed by atoms with E-state index in [2.05, 4.69) is 5.32 Å². The molecule has 4 rings (SSSR count). The van der Waals surface area contributed by atoms with Crippen molar-refractivity contribution in [1.29, 1.82) is 0 Å². The van der Waals surface area contributed by atoms with Crippen molar-refractivity contribution >= 4 is 29.3 Å². The smallest absolute Gasteiger partial charge is 0.419 e. The van der Waals surface area contributed by atoms with E-state index in [1.54, 1.807) is 18.2 Å². The number of fused-ring (bicyclic) bond motifs is 1. The summed E-state index contributed by atoms with van der Waals surface area (Å²) in [6, 6.07) is 23.9. The van der Waals surface area contributed by atoms with Gasteiger partial charge in [0.2, 0.25) is 0 Å². The zero-order valence-corrected chi connectivity index (χ0v) is 26.4. The number of hydrogen-bond donors (Lipinski definition) is 1. The number of azo groups is 2. The Balaban J connectivity index is 1.60. The number of Topliss-reactive ketones (excluding diaryl/α,β-unsaturated/α-hetero) is 1. The largest absolute Gasteiger partial charge is 0.460 e. The lowest BCUT2D eigenvalue weighted by Crippen LogP contribution is -2.34. The highest BCUT2D eigenvalue weighted by atomic mass is 16.6. The number of nitrogens with zero attached hydrogens (tertiary/aromatic N) is 2. The van der Waals surface area contributed by atoms with Gasteiger partial charge in [-0.15, -0.1) is 0 Å². The molecule has 1 aliphatic heterocycles. The van der Waals surface area contributed by atoms with Crippen molar-refractivity contribution in [1.82, 2.24) is 0 Å². The van der Waals surface area contributed by atoms with Crippen molar-refractivity contribution in [2.45, 2.75) is 78.4 Å². The summed E-state index contributed by atoms with van der Waals surface area (Å²) >= 11 is 0. The molecular weight excluding hydrogens is 554 g/mol. The third-order valence-corrected chi connectivity index (χ3v) is 7.36. The van der Waals surface area contributed by atoms with E-state index < -0.39 is 34.8 Å². The van der Waals surface area contributed by atoms with Crippen molar-refractivity contribution in [3.8, 4) is 0 Å². The van der Waals surface area contributed by atoms with Crippen LogP contribution in [-0.4, -0.2) is 40.4 Å². The van der Waals surface area contributed by atoms with Gasteiger partial charge in [0.25, 0.3) is 12.5 Å². The van der Waals surface area contributed by atoms with Crippen molar-refractivity contribution in [3.05, 3.63) is 101 Å². The topological polar surface area (TPSA) is 105 Å². The van der Waals surface area contributed by atoms with Crippen LogP contribution >= 0.6 is 0 Å². The predicted molar refractivity (Wildman–Crippen MR) is 168 cm³/mol. The number of rotatable bonds is 9. The molecule has 2 amide bonds. The maximum atomic E-state index is 14.1. The average Bonchev–Trinajstić information content (AvgIpc) is 3.06. The number of anilines is 1. The van der Waals surface area contributed by atoms with Crippen LogP contribution in [0.4, 0.5) is 5.69 Å². The van der Waals surface area contributed by atoms with Crippen LogP contribution in [0.25, 0.3) is 0 Å². The molecule has 3 aromatic carbocycles. The van der Waals surface area contributed by atoms with Crippen molar-refractivity contribution in [2.75, 3.05) is 11.9 Å². The molecule has 1 aliphatic rings. The minimum absolute atomic E-state index is 0.00812. The third-order valence-electron chi connectivity index (χ3n) is 7.36. The predicted octanol–water partition coefficient (Wildman–Crippen LogP) is 6.78. The number of amides is 2. The van der Waals surface area contributed by atoms with Gasteiger partial charge in [-0.2, -0.15) is 0 Å². The first kappa shape index (κ1) is 32.5. The van der Waals surface area contributed by atoms with Crippen LogP contribution in [0.2, 0.25) is 0 Å². The number of hydrogen-bond acceptors (Lipinski definition) is 6. The Morgan fingerprint density at radius 2 is 1.52 bits per heavy atom. The molecule has 3 aromatic rings. The number of aryl methyl sites for hydroxylation is 1. The van der Waals surface area contributed by atoms with E-state index in [4.69, 9.17) is 9.85 Å². The molecule has 8 nitrogen and oxygen atoms in total. The van der Waals surface area contributed by atoms with Gasteiger partial charge in [-0.3, -0.25) is 14.4 Å². The fourth-order valence-corrected chi connectivity index (χ4v) is 5.12. The van der Waals surface area contributed by atoms with Gasteiger partial charge in [0.05, 0.1) is 0 Å². The van der Waals surface area contributed by atoms with E-state index in [-0.39, 0.29) is 31.1 Å². The van der Waals surface area contributed by atoms with Crippen LogP contribution in [0.1, 0.15) is 88.6 Å². The van der Waals surface area contributed by atoms with Gasteiger partial charge in [0.1, 0.15) is 17.3 Å². The molecule has 0 fully saturated rings. The van der Waals surface area contributed by atoms with Crippen LogP contribution in [0.5, 0.6) is 0 Å². The summed E-state index contributed by atoms with van der Waals surface area (Å²) in [6.45, 7) is 10.7. The summed E-state index contributed by atoms with van der Waals surface area (Å²) < 4.78 is 6.62. The van der Waals surface area contributed by atoms with Crippen LogP contribution in [-0.2, 0) is 30.3 Å². The Morgan fingerprint density at radius 1 is 0.864 bits per heavy atom. The van der Waals surface area contributed by atoms with E-state index in [9.17, 15) is 19.2 Å². The fourth-order valence-electron chi connectivity index (χ4n) is 5.12. The normalized spacial score (nSPS) is 16.8. The number of esters is 1. The molecule has 0 saturated heterocycles. The van der Waals surface area contributed by atoms with Crippen molar-refractivity contribution in [2.24, 2.45) is 10.5 Å². The van der Waals surface area contributed by atoms with Crippen LogP contribution in [0.3, 0.4) is 0 Å². The van der Waals surface area contributed by atoms with Gasteiger partial charge < -0.3 is 10.1 Å². The van der Waals surface area contributed by atoms with Crippen LogP contribution in [0, 0.1) is 5.41 Å². The van der Waals surface area contributed by atoms with E-state index in [1.165, 1.54) is 4.70 Å². The zero-order chi connectivity index (χ0) is 32.1. The second-order valence-electron chi connectivity index (χ2n) is 13.2. The lowest BCUT2D eigenvalue weighted by atomic mass is 9.80. The van der Waals surface area contributed by atoms with Gasteiger partial charge in [0, 0.05) is 23.9 Å². The Labute approximate surface area is 259 Å². The maximum Gasteiger partial charge on any atom is 0.419 e. The SMILES string of the molecule is CC(C)(C)OC(=O)CCc1cccc(NC(=O)C[N+]2=NC(c3ccccc3)c3ccccc3C(CC(=O)C(C)(C)C)C2=O)c1. The van der Waals surface area contributed by atoms with Crippen LogP contribution in [0.15, 0.2) is 84.0 Å². The second-order valence-corrected chi connectivity index (χ2v) is 13.2. The summed E-state index contributed by atoms with van der Waals surface area (Å²) in [7, 11) is 0. The first-order chi connectivity index (χ1) is 20.7. The third kappa shape index (κ3) is 8.56. The summed E-state index contributed by atoms with van der Waals surface area (Å²) in [6.07, 6.45) is 0.680. The number of ketones is 1. The number of carbonyl (C=O) groups excluding carboxylic acids is 4. The fraction of sp³-hybridized carbons (Fsp3) is 0.389. The highest BCUT2D eigenvalue weighted by Gasteiger charge is 2.42. The molecule has 1 heterocycles. The van der Waals surface area contributed by atoms with Crippen molar-refractivity contribution in [3.63, 3.8) is 0 Å². The molecule has 1 N–H and O–H groups in total. The number of benzene rings is 3. The summed E-state index contributed by atoms with van der Waals surface area (Å²) in [4.78, 5) is 52.8. The number of nitrogens with one attached hydrogen (secondary N) is 1. The van der Waals surface area contributed by atoms with E-state index in [1.807, 2.05) is 102 Å². The quantitative estimate of drug-likeness (QED) is 0.217. The van der Waals surface area contributed by atoms with Crippen molar-refractivity contribution < 1.29 is 28.6 Å². The Hall–Kier alpha value is -4.46. The number of ether oxygens (including phenoxy) is 1.